The van der Waals surface area contributed by atoms with Crippen LogP contribution in [-0.2, 0) is 5.88 Å². The fourth-order valence-corrected chi connectivity index (χ4v) is 2.27. The largest absolute Gasteiger partial charge is 0.354 e. The first-order valence-electron chi connectivity index (χ1n) is 5.67. The van der Waals surface area contributed by atoms with E-state index in [1.807, 2.05) is 12.3 Å². The van der Waals surface area contributed by atoms with Crippen LogP contribution >= 0.6 is 11.6 Å². The highest BCUT2D eigenvalue weighted by atomic mass is 35.5. The van der Waals surface area contributed by atoms with Crippen LogP contribution in [0.25, 0.3) is 0 Å². The average Bonchev–Trinajstić information content (AvgIpc) is 2.32. The molecule has 1 fully saturated rings. The van der Waals surface area contributed by atoms with E-state index in [0.29, 0.717) is 11.9 Å². The monoisotopic (exact) mass is 239 g/mol. The van der Waals surface area contributed by atoms with Gasteiger partial charge in [-0.1, -0.05) is 6.07 Å². The van der Waals surface area contributed by atoms with Crippen molar-refractivity contribution in [1.29, 1.82) is 0 Å². The van der Waals surface area contributed by atoms with E-state index in [-0.39, 0.29) is 0 Å². The van der Waals surface area contributed by atoms with Crippen LogP contribution in [0.5, 0.6) is 0 Å². The Hall–Kier alpha value is -0.800. The molecule has 1 atom stereocenters. The molecule has 1 aromatic heterocycles. The Labute approximate surface area is 102 Å². The van der Waals surface area contributed by atoms with Crippen LogP contribution in [0.2, 0.25) is 0 Å². The third-order valence-electron chi connectivity index (χ3n) is 3.27. The minimum absolute atomic E-state index is 0.532. The minimum atomic E-state index is 0.532. The van der Waals surface area contributed by atoms with Crippen LogP contribution in [0.3, 0.4) is 0 Å². The third kappa shape index (κ3) is 2.30. The van der Waals surface area contributed by atoms with Crippen molar-refractivity contribution in [3.8, 4) is 0 Å². The van der Waals surface area contributed by atoms with Crippen molar-refractivity contribution in [2.75, 3.05) is 31.6 Å². The van der Waals surface area contributed by atoms with Gasteiger partial charge in [-0.2, -0.15) is 0 Å². The van der Waals surface area contributed by atoms with Crippen LogP contribution in [0, 0.1) is 0 Å². The Bertz CT molecular complexity index is 356. The quantitative estimate of drug-likeness (QED) is 0.736. The maximum Gasteiger partial charge on any atom is 0.133 e. The molecule has 0 saturated carbocycles. The van der Waals surface area contributed by atoms with Gasteiger partial charge in [0.15, 0.2) is 0 Å². The molecule has 2 rings (SSSR count). The van der Waals surface area contributed by atoms with Gasteiger partial charge in [0, 0.05) is 37.4 Å². The van der Waals surface area contributed by atoms with E-state index in [4.69, 9.17) is 11.6 Å². The number of aromatic nitrogens is 1. The van der Waals surface area contributed by atoms with Crippen molar-refractivity contribution in [3.05, 3.63) is 23.9 Å². The summed E-state index contributed by atoms with van der Waals surface area (Å²) in [6.45, 7) is 5.38. The Balaban J connectivity index is 2.18. The molecule has 4 heteroatoms. The lowest BCUT2D eigenvalue weighted by Crippen LogP contribution is -2.50. The van der Waals surface area contributed by atoms with E-state index >= 15 is 0 Å². The van der Waals surface area contributed by atoms with Gasteiger partial charge in [0.05, 0.1) is 5.88 Å². The van der Waals surface area contributed by atoms with Gasteiger partial charge in [0.25, 0.3) is 0 Å². The van der Waals surface area contributed by atoms with Crippen molar-refractivity contribution in [3.63, 3.8) is 0 Å². The second-order valence-electron chi connectivity index (χ2n) is 4.40. The van der Waals surface area contributed by atoms with Gasteiger partial charge in [0.1, 0.15) is 5.82 Å². The zero-order valence-corrected chi connectivity index (χ0v) is 10.6. The van der Waals surface area contributed by atoms with Gasteiger partial charge < -0.3 is 9.80 Å². The fraction of sp³-hybridized carbons (Fsp3) is 0.583. The molecule has 0 amide bonds. The molecule has 16 heavy (non-hydrogen) atoms. The topological polar surface area (TPSA) is 19.4 Å². The molecule has 88 valence electrons. The van der Waals surface area contributed by atoms with Crippen LogP contribution in [0.15, 0.2) is 18.3 Å². The molecule has 0 aromatic carbocycles. The SMILES string of the molecule is CC1CN(c2ncccc2CCl)CCN1C. The summed E-state index contributed by atoms with van der Waals surface area (Å²) >= 11 is 5.94. The van der Waals surface area contributed by atoms with Gasteiger partial charge in [-0.25, -0.2) is 4.98 Å². The predicted molar refractivity (Wildman–Crippen MR) is 68.1 cm³/mol. The maximum absolute atomic E-state index is 5.94. The summed E-state index contributed by atoms with van der Waals surface area (Å²) in [7, 11) is 2.17. The van der Waals surface area contributed by atoms with Gasteiger partial charge in [-0.15, -0.1) is 11.6 Å². The van der Waals surface area contributed by atoms with Crippen LogP contribution in [0.4, 0.5) is 5.82 Å². The zero-order valence-electron chi connectivity index (χ0n) is 9.86. The van der Waals surface area contributed by atoms with Crippen LogP contribution < -0.4 is 4.90 Å². The molecular formula is C12H18ClN3. The number of anilines is 1. The first kappa shape index (κ1) is 11.7. The number of hydrogen-bond donors (Lipinski definition) is 0. The van der Waals surface area contributed by atoms with Gasteiger partial charge in [0.2, 0.25) is 0 Å². The van der Waals surface area contributed by atoms with E-state index in [2.05, 4.69) is 34.8 Å². The highest BCUT2D eigenvalue weighted by Gasteiger charge is 2.22. The Kier molecular flexibility index (Phi) is 3.66. The molecule has 0 N–H and O–H groups in total. The summed E-state index contributed by atoms with van der Waals surface area (Å²) in [4.78, 5) is 9.17. The van der Waals surface area contributed by atoms with Crippen molar-refractivity contribution in [2.45, 2.75) is 18.8 Å². The highest BCUT2D eigenvalue weighted by Crippen LogP contribution is 2.21. The van der Waals surface area contributed by atoms with Gasteiger partial charge in [-0.3, -0.25) is 0 Å². The third-order valence-corrected chi connectivity index (χ3v) is 3.56. The number of halogens is 1. The fourth-order valence-electron chi connectivity index (χ4n) is 2.06. The smallest absolute Gasteiger partial charge is 0.133 e. The molecule has 0 aliphatic carbocycles. The Morgan fingerprint density at radius 2 is 2.31 bits per heavy atom. The summed E-state index contributed by atoms with van der Waals surface area (Å²) in [5, 5.41) is 0. The number of nitrogens with zero attached hydrogens (tertiary/aromatic N) is 3. The minimum Gasteiger partial charge on any atom is -0.354 e. The van der Waals surface area contributed by atoms with E-state index in [0.717, 1.165) is 31.0 Å². The molecule has 0 bridgehead atoms. The van der Waals surface area contributed by atoms with Crippen LogP contribution in [-0.4, -0.2) is 42.6 Å². The summed E-state index contributed by atoms with van der Waals surface area (Å²) in [5.74, 6) is 1.58. The average molecular weight is 240 g/mol. The number of pyridine rings is 1. The molecule has 1 aliphatic rings. The first-order valence-corrected chi connectivity index (χ1v) is 6.21. The molecule has 2 heterocycles. The summed E-state index contributed by atoms with van der Waals surface area (Å²) in [5.41, 5.74) is 1.13. The summed E-state index contributed by atoms with van der Waals surface area (Å²) in [6, 6.07) is 4.57. The lowest BCUT2D eigenvalue weighted by Gasteiger charge is -2.38. The van der Waals surface area contributed by atoms with Gasteiger partial charge >= 0.3 is 0 Å². The molecule has 1 unspecified atom stereocenters. The van der Waals surface area contributed by atoms with E-state index in [9.17, 15) is 0 Å². The van der Waals surface area contributed by atoms with Crippen molar-refractivity contribution in [2.24, 2.45) is 0 Å². The lowest BCUT2D eigenvalue weighted by molar-refractivity contribution is 0.233. The standard InChI is InChI=1S/C12H18ClN3/c1-10-9-16(7-6-15(10)2)12-11(8-13)4-3-5-14-12/h3-5,10H,6-9H2,1-2H3. The van der Waals surface area contributed by atoms with E-state index in [1.54, 1.807) is 0 Å². The number of piperazine rings is 1. The maximum atomic E-state index is 5.94. The molecular weight excluding hydrogens is 222 g/mol. The predicted octanol–water partition coefficient (Wildman–Crippen LogP) is 1.96. The molecule has 0 spiro atoms. The number of likely N-dealkylation sites (N-methyl/N-ethyl adjacent to an activating group) is 1. The van der Waals surface area contributed by atoms with Crippen molar-refractivity contribution < 1.29 is 0 Å². The number of hydrogen-bond acceptors (Lipinski definition) is 3. The molecule has 3 nitrogen and oxygen atoms in total. The Morgan fingerprint density at radius 1 is 1.50 bits per heavy atom. The van der Waals surface area contributed by atoms with Crippen molar-refractivity contribution >= 4 is 17.4 Å². The summed E-state index contributed by atoms with van der Waals surface area (Å²) < 4.78 is 0. The lowest BCUT2D eigenvalue weighted by atomic mass is 10.2. The molecule has 1 saturated heterocycles. The number of rotatable bonds is 2. The zero-order chi connectivity index (χ0) is 11.5. The van der Waals surface area contributed by atoms with E-state index in [1.165, 1.54) is 0 Å². The molecule has 1 aliphatic heterocycles. The second kappa shape index (κ2) is 5.02. The van der Waals surface area contributed by atoms with E-state index < -0.39 is 0 Å². The second-order valence-corrected chi connectivity index (χ2v) is 4.66. The highest BCUT2D eigenvalue weighted by molar-refractivity contribution is 6.17. The normalized spacial score (nSPS) is 22.4. The molecule has 1 aromatic rings. The molecule has 0 radical (unpaired) electrons. The summed E-state index contributed by atoms with van der Waals surface area (Å²) in [6.07, 6.45) is 1.84. The number of alkyl halides is 1. The van der Waals surface area contributed by atoms with Gasteiger partial charge in [-0.05, 0) is 20.0 Å². The first-order chi connectivity index (χ1) is 7.72. The van der Waals surface area contributed by atoms with Crippen LogP contribution in [0.1, 0.15) is 12.5 Å². The Morgan fingerprint density at radius 3 is 3.00 bits per heavy atom. The van der Waals surface area contributed by atoms with Crippen molar-refractivity contribution in [1.82, 2.24) is 9.88 Å².